The van der Waals surface area contributed by atoms with Crippen molar-refractivity contribution >= 4 is 30.0 Å². The first-order chi connectivity index (χ1) is 6.11. The summed E-state index contributed by atoms with van der Waals surface area (Å²) in [7, 11) is 0. The van der Waals surface area contributed by atoms with Crippen LogP contribution in [0.4, 0.5) is 11.4 Å². The monoisotopic (exact) mass is 200 g/mol. The molecule has 0 aliphatic carbocycles. The molecule has 5 heteroatoms. The molecule has 0 bridgehead atoms. The number of aromatic carboxylic acids is 1. The predicted octanol–water partition coefficient (Wildman–Crippen LogP) is 1.10. The van der Waals surface area contributed by atoms with Crippen LogP contribution < -0.4 is 11.5 Å². The van der Waals surface area contributed by atoms with E-state index < -0.39 is 5.97 Å². The van der Waals surface area contributed by atoms with Crippen LogP contribution in [0.3, 0.4) is 0 Å². The molecule has 13 heavy (non-hydrogen) atoms. The maximum absolute atomic E-state index is 10.4. The molecule has 5 N–H and O–H groups in total. The smallest absolute Gasteiger partial charge is 0.337 e. The average molecular weight is 200 g/mol. The average Bonchev–Trinajstić information content (AvgIpc) is 2.12. The van der Waals surface area contributed by atoms with E-state index in [-0.39, 0.29) is 11.3 Å². The van der Waals surface area contributed by atoms with Crippen LogP contribution in [0.15, 0.2) is 18.2 Å². The maximum Gasteiger partial charge on any atom is 0.337 e. The second-order valence-corrected chi connectivity index (χ2v) is 2.15. The Hall–Kier alpha value is -1.36. The Morgan fingerprint density at radius 1 is 1.38 bits per heavy atom. The van der Waals surface area contributed by atoms with Gasteiger partial charge in [0.2, 0.25) is 0 Å². The molecule has 0 saturated heterocycles. The number of benzene rings is 1. The van der Waals surface area contributed by atoms with Gasteiger partial charge in [-0.3, -0.25) is 0 Å². The second-order valence-electron chi connectivity index (χ2n) is 2.15. The molecule has 0 aliphatic rings. The molecule has 72 valence electrons. The van der Waals surface area contributed by atoms with E-state index in [1.54, 1.807) is 12.3 Å². The summed E-state index contributed by atoms with van der Waals surface area (Å²) in [4.78, 5) is 10.4. The summed E-state index contributed by atoms with van der Waals surface area (Å²) in [6, 6.07) is 4.36. The zero-order valence-electron chi connectivity index (χ0n) is 7.19. The number of thiol groups is 1. The molecule has 0 atom stereocenters. The van der Waals surface area contributed by atoms with Gasteiger partial charge in [0.15, 0.2) is 0 Å². The quantitative estimate of drug-likeness (QED) is 0.403. The zero-order valence-corrected chi connectivity index (χ0v) is 8.08. The topological polar surface area (TPSA) is 89.3 Å². The van der Waals surface area contributed by atoms with E-state index in [1.165, 1.54) is 12.1 Å². The summed E-state index contributed by atoms with van der Waals surface area (Å²) in [6.45, 7) is 0. The lowest BCUT2D eigenvalue weighted by atomic mass is 10.1. The molecule has 0 aromatic heterocycles. The molecule has 1 rings (SSSR count). The van der Waals surface area contributed by atoms with E-state index in [1.807, 2.05) is 0 Å². The van der Waals surface area contributed by atoms with Crippen molar-refractivity contribution in [3.05, 3.63) is 23.8 Å². The minimum atomic E-state index is -1.06. The minimum Gasteiger partial charge on any atom is -0.478 e. The van der Waals surface area contributed by atoms with E-state index in [4.69, 9.17) is 16.6 Å². The molecular weight excluding hydrogens is 188 g/mol. The molecule has 0 aliphatic heterocycles. The fraction of sp³-hybridized carbons (Fsp3) is 0.125. The van der Waals surface area contributed by atoms with E-state index in [0.717, 1.165) is 0 Å². The number of anilines is 2. The molecule has 1 aromatic rings. The fourth-order valence-corrected chi connectivity index (χ4v) is 0.759. The number of rotatable bonds is 1. The van der Waals surface area contributed by atoms with Crippen molar-refractivity contribution in [1.82, 2.24) is 0 Å². The van der Waals surface area contributed by atoms with E-state index in [0.29, 0.717) is 5.69 Å². The highest BCUT2D eigenvalue weighted by molar-refractivity contribution is 7.79. The van der Waals surface area contributed by atoms with Gasteiger partial charge in [0.1, 0.15) is 0 Å². The largest absolute Gasteiger partial charge is 0.478 e. The van der Waals surface area contributed by atoms with Crippen LogP contribution in [0.1, 0.15) is 10.4 Å². The van der Waals surface area contributed by atoms with Gasteiger partial charge in [-0.1, -0.05) is 0 Å². The summed E-state index contributed by atoms with van der Waals surface area (Å²) in [5, 5.41) is 8.55. The Kier molecular flexibility index (Phi) is 4.76. The minimum absolute atomic E-state index is 0.0463. The lowest BCUT2D eigenvalue weighted by Gasteiger charge is -2.00. The number of hydrogen-bond acceptors (Lipinski definition) is 4. The van der Waals surface area contributed by atoms with Crippen LogP contribution >= 0.6 is 12.6 Å². The van der Waals surface area contributed by atoms with Crippen molar-refractivity contribution in [2.24, 2.45) is 0 Å². The molecule has 0 amide bonds. The Bertz CT molecular complexity index is 302. The first-order valence-electron chi connectivity index (χ1n) is 3.44. The summed E-state index contributed by atoms with van der Waals surface area (Å²) in [5.41, 5.74) is 11.4. The second kappa shape index (κ2) is 5.31. The number of nitrogens with two attached hydrogens (primary N) is 2. The molecule has 0 unspecified atom stereocenters. The van der Waals surface area contributed by atoms with Gasteiger partial charge < -0.3 is 16.6 Å². The van der Waals surface area contributed by atoms with Crippen molar-refractivity contribution in [2.75, 3.05) is 17.7 Å². The van der Waals surface area contributed by atoms with Gasteiger partial charge >= 0.3 is 5.97 Å². The van der Waals surface area contributed by atoms with Crippen molar-refractivity contribution in [3.8, 4) is 0 Å². The Balaban J connectivity index is 0.000000671. The van der Waals surface area contributed by atoms with Gasteiger partial charge in [0.25, 0.3) is 0 Å². The first-order valence-corrected chi connectivity index (χ1v) is 4.33. The third kappa shape index (κ3) is 3.25. The van der Waals surface area contributed by atoms with Gasteiger partial charge in [-0.2, -0.15) is 12.6 Å². The molecule has 0 heterocycles. The molecule has 0 spiro atoms. The van der Waals surface area contributed by atoms with Crippen molar-refractivity contribution < 1.29 is 9.90 Å². The normalized spacial score (nSPS) is 8.46. The Labute approximate surface area is 82.0 Å². The number of carbonyl (C=O) groups is 1. The molecule has 0 fully saturated rings. The number of carboxylic acids is 1. The molecule has 0 saturated carbocycles. The van der Waals surface area contributed by atoms with E-state index in [2.05, 4.69) is 12.6 Å². The SMILES string of the molecule is CS.Nc1ccc(N)c(C(=O)O)c1. The van der Waals surface area contributed by atoms with Crippen LogP contribution in [-0.2, 0) is 0 Å². The highest BCUT2D eigenvalue weighted by atomic mass is 32.1. The summed E-state index contributed by atoms with van der Waals surface area (Å²) >= 11 is 3.53. The zero-order chi connectivity index (χ0) is 10.4. The Morgan fingerprint density at radius 2 is 1.92 bits per heavy atom. The van der Waals surface area contributed by atoms with Crippen LogP contribution in [0.2, 0.25) is 0 Å². The van der Waals surface area contributed by atoms with Crippen molar-refractivity contribution in [3.63, 3.8) is 0 Å². The van der Waals surface area contributed by atoms with Gasteiger partial charge in [0, 0.05) is 11.4 Å². The van der Waals surface area contributed by atoms with Crippen LogP contribution in [0.5, 0.6) is 0 Å². The van der Waals surface area contributed by atoms with Crippen molar-refractivity contribution in [1.29, 1.82) is 0 Å². The van der Waals surface area contributed by atoms with Gasteiger partial charge in [-0.05, 0) is 24.5 Å². The number of nitrogen functional groups attached to an aromatic ring is 2. The molecule has 4 nitrogen and oxygen atoms in total. The first kappa shape index (κ1) is 11.6. The van der Waals surface area contributed by atoms with E-state index in [9.17, 15) is 4.79 Å². The third-order valence-electron chi connectivity index (χ3n) is 1.31. The molecule has 1 aromatic carbocycles. The van der Waals surface area contributed by atoms with Crippen LogP contribution in [0, 0.1) is 0 Å². The maximum atomic E-state index is 10.4. The molecule has 0 radical (unpaired) electrons. The van der Waals surface area contributed by atoms with Gasteiger partial charge in [-0.25, -0.2) is 4.79 Å². The summed E-state index contributed by atoms with van der Waals surface area (Å²) in [6.07, 6.45) is 1.69. The third-order valence-corrected chi connectivity index (χ3v) is 1.31. The molecular formula is C8H12N2O2S. The highest BCUT2D eigenvalue weighted by Crippen LogP contribution is 2.14. The fourth-order valence-electron chi connectivity index (χ4n) is 0.759. The lowest BCUT2D eigenvalue weighted by molar-refractivity contribution is 0.0698. The standard InChI is InChI=1S/C7H8N2O2.CH4S/c8-4-1-2-6(9)5(3-4)7(10)11;1-2/h1-3H,8-9H2,(H,10,11);2H,1H3. The summed E-state index contributed by atoms with van der Waals surface area (Å²) < 4.78 is 0. The van der Waals surface area contributed by atoms with Crippen molar-refractivity contribution in [2.45, 2.75) is 0 Å². The Morgan fingerprint density at radius 3 is 2.31 bits per heavy atom. The van der Waals surface area contributed by atoms with Gasteiger partial charge in [-0.15, -0.1) is 0 Å². The number of carboxylic acid groups (broad SMARTS) is 1. The van der Waals surface area contributed by atoms with Crippen LogP contribution in [-0.4, -0.2) is 17.3 Å². The predicted molar refractivity (Wildman–Crippen MR) is 57.1 cm³/mol. The van der Waals surface area contributed by atoms with Gasteiger partial charge in [0.05, 0.1) is 5.56 Å². The van der Waals surface area contributed by atoms with E-state index >= 15 is 0 Å². The highest BCUT2D eigenvalue weighted by Gasteiger charge is 2.06. The van der Waals surface area contributed by atoms with Crippen LogP contribution in [0.25, 0.3) is 0 Å². The lowest BCUT2D eigenvalue weighted by Crippen LogP contribution is -2.02. The number of hydrogen-bond donors (Lipinski definition) is 4. The summed E-state index contributed by atoms with van der Waals surface area (Å²) in [5.74, 6) is -1.06.